The minimum atomic E-state index is -4.77. The summed E-state index contributed by atoms with van der Waals surface area (Å²) in [5, 5.41) is 2.59. The Bertz CT molecular complexity index is 833. The Hall–Kier alpha value is -3.23. The number of fused-ring (bicyclic) bond motifs is 1. The number of hydrogen-bond donors (Lipinski definition) is 1. The van der Waals surface area contributed by atoms with Crippen LogP contribution in [-0.4, -0.2) is 31.3 Å². The number of alkyl halides is 3. The topological polar surface area (TPSA) is 73.9 Å². The van der Waals surface area contributed by atoms with Gasteiger partial charge in [0, 0.05) is 5.56 Å². The summed E-state index contributed by atoms with van der Waals surface area (Å²) in [5.41, 5.74) is 0.687. The molecule has 1 amide bonds. The third kappa shape index (κ3) is 4.44. The van der Waals surface area contributed by atoms with E-state index in [1.54, 1.807) is 6.07 Å². The van der Waals surface area contributed by atoms with Crippen LogP contribution in [0.25, 0.3) is 0 Å². The Morgan fingerprint density at radius 3 is 2.50 bits per heavy atom. The van der Waals surface area contributed by atoms with Gasteiger partial charge < -0.3 is 19.5 Å². The molecule has 2 aromatic rings. The molecule has 1 N–H and O–H groups in total. The lowest BCUT2D eigenvalue weighted by Gasteiger charge is -2.18. The van der Waals surface area contributed by atoms with Gasteiger partial charge >= 0.3 is 6.36 Å². The van der Waals surface area contributed by atoms with Crippen LogP contribution in [0.3, 0.4) is 0 Å². The number of amides is 1. The molecule has 1 aliphatic heterocycles. The van der Waals surface area contributed by atoms with E-state index in [1.165, 1.54) is 24.3 Å². The number of carbonyl (C=O) groups is 2. The number of ether oxygens (including phenoxy) is 3. The van der Waals surface area contributed by atoms with Crippen molar-refractivity contribution >= 4 is 17.4 Å². The van der Waals surface area contributed by atoms with Crippen LogP contribution in [0.4, 0.5) is 18.9 Å². The first-order valence-corrected chi connectivity index (χ1v) is 7.39. The van der Waals surface area contributed by atoms with Gasteiger partial charge in [-0.05, 0) is 42.5 Å². The molecule has 6 nitrogen and oxygen atoms in total. The lowest BCUT2D eigenvalue weighted by Crippen LogP contribution is -2.25. The van der Waals surface area contributed by atoms with Crippen LogP contribution >= 0.6 is 0 Å². The van der Waals surface area contributed by atoms with Crippen LogP contribution in [0.5, 0.6) is 17.2 Å². The van der Waals surface area contributed by atoms with Crippen molar-refractivity contribution in [2.45, 2.75) is 6.36 Å². The highest BCUT2D eigenvalue weighted by Gasteiger charge is 2.31. The van der Waals surface area contributed by atoms with E-state index in [9.17, 15) is 22.8 Å². The Morgan fingerprint density at radius 1 is 1.12 bits per heavy atom. The molecule has 2 aromatic carbocycles. The average molecular weight is 367 g/mol. The SMILES string of the molecule is O=C1COc2ccc(C(=O)COc3ccc(OC(F)(F)F)cc3)cc2N1. The summed E-state index contributed by atoms with van der Waals surface area (Å²) in [4.78, 5) is 23.5. The van der Waals surface area contributed by atoms with Gasteiger partial charge in [-0.1, -0.05) is 0 Å². The van der Waals surface area contributed by atoms with E-state index >= 15 is 0 Å². The number of Topliss-reactive ketones (excluding diaryl/α,β-unsaturated/α-hetero) is 1. The van der Waals surface area contributed by atoms with Crippen LogP contribution in [0.1, 0.15) is 10.4 Å². The first kappa shape index (κ1) is 17.6. The second kappa shape index (κ2) is 6.95. The summed E-state index contributed by atoms with van der Waals surface area (Å²) in [6, 6.07) is 9.24. The molecule has 0 bridgehead atoms. The quantitative estimate of drug-likeness (QED) is 0.822. The average Bonchev–Trinajstić information content (AvgIpc) is 2.59. The summed E-state index contributed by atoms with van der Waals surface area (Å²) in [5.74, 6) is -0.408. The number of halogens is 3. The summed E-state index contributed by atoms with van der Waals surface area (Å²) in [6.45, 7) is -0.412. The monoisotopic (exact) mass is 367 g/mol. The van der Waals surface area contributed by atoms with Crippen LogP contribution in [-0.2, 0) is 4.79 Å². The van der Waals surface area contributed by atoms with Crippen molar-refractivity contribution < 1.29 is 37.0 Å². The molecule has 26 heavy (non-hydrogen) atoms. The van der Waals surface area contributed by atoms with Crippen LogP contribution < -0.4 is 19.5 Å². The maximum Gasteiger partial charge on any atom is 0.573 e. The molecular weight excluding hydrogens is 355 g/mol. The van der Waals surface area contributed by atoms with Crippen molar-refractivity contribution in [3.63, 3.8) is 0 Å². The Labute approximate surface area is 145 Å². The maximum absolute atomic E-state index is 12.2. The number of benzene rings is 2. The van der Waals surface area contributed by atoms with Crippen molar-refractivity contribution in [3.8, 4) is 17.2 Å². The van der Waals surface area contributed by atoms with Crippen molar-refractivity contribution in [1.82, 2.24) is 0 Å². The largest absolute Gasteiger partial charge is 0.573 e. The number of carbonyl (C=O) groups excluding carboxylic acids is 2. The molecule has 0 unspecified atom stereocenters. The summed E-state index contributed by atoms with van der Waals surface area (Å²) >= 11 is 0. The van der Waals surface area contributed by atoms with Gasteiger partial charge in [0.05, 0.1) is 5.69 Å². The third-order valence-corrected chi connectivity index (χ3v) is 3.36. The minimum Gasteiger partial charge on any atom is -0.485 e. The van der Waals surface area contributed by atoms with Crippen LogP contribution in [0.15, 0.2) is 42.5 Å². The Balaban J connectivity index is 1.60. The molecule has 0 saturated heterocycles. The number of anilines is 1. The fraction of sp³-hybridized carbons (Fsp3) is 0.176. The Kier molecular flexibility index (Phi) is 4.70. The molecule has 0 radical (unpaired) electrons. The van der Waals surface area contributed by atoms with Gasteiger partial charge in [-0.15, -0.1) is 13.2 Å². The Morgan fingerprint density at radius 2 is 1.81 bits per heavy atom. The van der Waals surface area contributed by atoms with Gasteiger partial charge in [0.15, 0.2) is 19.0 Å². The molecule has 0 fully saturated rings. The molecule has 1 aliphatic rings. The van der Waals surface area contributed by atoms with Crippen molar-refractivity contribution in [3.05, 3.63) is 48.0 Å². The van der Waals surface area contributed by atoms with Gasteiger partial charge in [-0.25, -0.2) is 0 Å². The van der Waals surface area contributed by atoms with E-state index in [0.717, 1.165) is 12.1 Å². The molecular formula is C17H12F3NO5. The fourth-order valence-corrected chi connectivity index (χ4v) is 2.23. The highest BCUT2D eigenvalue weighted by atomic mass is 19.4. The van der Waals surface area contributed by atoms with E-state index in [1.807, 2.05) is 0 Å². The molecule has 0 saturated carbocycles. The van der Waals surface area contributed by atoms with E-state index < -0.39 is 6.36 Å². The highest BCUT2D eigenvalue weighted by Crippen LogP contribution is 2.29. The lowest BCUT2D eigenvalue weighted by atomic mass is 10.1. The normalized spacial score (nSPS) is 13.3. The van der Waals surface area contributed by atoms with Crippen molar-refractivity contribution in [2.75, 3.05) is 18.5 Å². The first-order chi connectivity index (χ1) is 12.3. The zero-order valence-corrected chi connectivity index (χ0v) is 13.1. The van der Waals surface area contributed by atoms with Crippen molar-refractivity contribution in [2.24, 2.45) is 0 Å². The van der Waals surface area contributed by atoms with E-state index in [4.69, 9.17) is 9.47 Å². The molecule has 0 atom stereocenters. The number of ketones is 1. The lowest BCUT2D eigenvalue weighted by molar-refractivity contribution is -0.274. The molecule has 136 valence electrons. The van der Waals surface area contributed by atoms with E-state index in [2.05, 4.69) is 10.1 Å². The second-order valence-corrected chi connectivity index (χ2v) is 5.28. The smallest absolute Gasteiger partial charge is 0.485 e. The molecule has 9 heteroatoms. The molecule has 0 aromatic heterocycles. The number of rotatable bonds is 5. The predicted molar refractivity (Wildman–Crippen MR) is 83.5 cm³/mol. The number of nitrogens with one attached hydrogen (secondary N) is 1. The summed E-state index contributed by atoms with van der Waals surface area (Å²) < 4.78 is 50.5. The molecule has 0 spiro atoms. The van der Waals surface area contributed by atoms with E-state index in [0.29, 0.717) is 17.0 Å². The van der Waals surface area contributed by atoms with Gasteiger partial charge in [-0.3, -0.25) is 9.59 Å². The summed E-state index contributed by atoms with van der Waals surface area (Å²) in [6.07, 6.45) is -4.77. The third-order valence-electron chi connectivity index (χ3n) is 3.36. The predicted octanol–water partition coefficient (Wildman–Crippen LogP) is 3.18. The van der Waals surface area contributed by atoms with Crippen LogP contribution in [0.2, 0.25) is 0 Å². The van der Waals surface area contributed by atoms with Gasteiger partial charge in [-0.2, -0.15) is 0 Å². The van der Waals surface area contributed by atoms with Gasteiger partial charge in [0.1, 0.15) is 17.2 Å². The first-order valence-electron chi connectivity index (χ1n) is 7.39. The second-order valence-electron chi connectivity index (χ2n) is 5.28. The van der Waals surface area contributed by atoms with Crippen LogP contribution in [0, 0.1) is 0 Å². The van der Waals surface area contributed by atoms with Gasteiger partial charge in [0.25, 0.3) is 5.91 Å². The zero-order chi connectivity index (χ0) is 18.7. The molecule has 3 rings (SSSR count). The summed E-state index contributed by atoms with van der Waals surface area (Å²) in [7, 11) is 0. The standard InChI is InChI=1S/C17H12F3NO5/c18-17(19,20)26-12-4-2-11(3-5-12)24-8-14(22)10-1-6-15-13(7-10)21-16(23)9-25-15/h1-7H,8-9H2,(H,21,23). The van der Waals surface area contributed by atoms with Crippen molar-refractivity contribution in [1.29, 1.82) is 0 Å². The van der Waals surface area contributed by atoms with Gasteiger partial charge in [0.2, 0.25) is 0 Å². The number of hydrogen-bond acceptors (Lipinski definition) is 5. The minimum absolute atomic E-state index is 0.0859. The van der Waals surface area contributed by atoms with E-state index in [-0.39, 0.29) is 36.4 Å². The highest BCUT2D eigenvalue weighted by molar-refractivity contribution is 6.01. The molecule has 0 aliphatic carbocycles. The maximum atomic E-state index is 12.2. The zero-order valence-electron chi connectivity index (χ0n) is 13.1. The molecule has 1 heterocycles. The fourth-order valence-electron chi connectivity index (χ4n) is 2.23.